The van der Waals surface area contributed by atoms with Gasteiger partial charge in [0.1, 0.15) is 0 Å². The normalized spacial score (nSPS) is 24.7. The van der Waals surface area contributed by atoms with Gasteiger partial charge in [0.15, 0.2) is 0 Å². The van der Waals surface area contributed by atoms with Crippen molar-refractivity contribution in [3.05, 3.63) is 29.8 Å². The molecule has 2 saturated heterocycles. The fourth-order valence-corrected chi connectivity index (χ4v) is 3.39. The minimum absolute atomic E-state index is 0.189. The van der Waals surface area contributed by atoms with Gasteiger partial charge in [-0.05, 0) is 63.0 Å². The molecule has 0 radical (unpaired) electrons. The minimum Gasteiger partial charge on any atom is -0.390 e. The second-order valence-corrected chi connectivity index (χ2v) is 6.76. The summed E-state index contributed by atoms with van der Waals surface area (Å²) in [5.74, 6) is 0. The zero-order chi connectivity index (χ0) is 16.8. The first-order valence-electron chi connectivity index (χ1n) is 8.98. The van der Waals surface area contributed by atoms with Crippen LogP contribution in [0.15, 0.2) is 24.3 Å². The van der Waals surface area contributed by atoms with Crippen molar-refractivity contribution in [2.45, 2.75) is 37.8 Å². The van der Waals surface area contributed by atoms with E-state index in [0.29, 0.717) is 6.54 Å². The van der Waals surface area contributed by atoms with Crippen LogP contribution in [0.4, 0.5) is 10.5 Å². The number of benzene rings is 1. The average molecular weight is 332 g/mol. The lowest BCUT2D eigenvalue weighted by Gasteiger charge is -2.29. The maximum absolute atomic E-state index is 12.1. The average Bonchev–Trinajstić information content (AvgIpc) is 3.10. The Morgan fingerprint density at radius 3 is 2.71 bits per heavy atom. The number of nitrogens with zero attached hydrogens (tertiary/aromatic N) is 1. The third kappa shape index (κ3) is 4.93. The van der Waals surface area contributed by atoms with Crippen LogP contribution >= 0.6 is 0 Å². The maximum Gasteiger partial charge on any atom is 0.319 e. The van der Waals surface area contributed by atoms with Crippen molar-refractivity contribution in [1.29, 1.82) is 0 Å². The van der Waals surface area contributed by atoms with Crippen LogP contribution in [0.1, 0.15) is 24.8 Å². The monoisotopic (exact) mass is 332 g/mol. The van der Waals surface area contributed by atoms with Crippen molar-refractivity contribution in [3.63, 3.8) is 0 Å². The molecule has 2 fully saturated rings. The molecule has 3 rings (SSSR count). The summed E-state index contributed by atoms with van der Waals surface area (Å²) in [6, 6.07) is 7.59. The molecular weight excluding hydrogens is 304 g/mol. The van der Waals surface area contributed by atoms with E-state index in [1.165, 1.54) is 31.5 Å². The SMILES string of the molecule is O=C(Nc1ccc(CCN2CCCC2)cc1)N[C@@H]1CCNC[C@H]1O. The zero-order valence-corrected chi connectivity index (χ0v) is 14.1. The van der Waals surface area contributed by atoms with Crippen molar-refractivity contribution in [2.75, 3.05) is 38.0 Å². The molecule has 2 aliphatic rings. The van der Waals surface area contributed by atoms with Crippen LogP contribution < -0.4 is 16.0 Å². The Balaban J connectivity index is 1.43. The van der Waals surface area contributed by atoms with Gasteiger partial charge < -0.3 is 26.0 Å². The predicted octanol–water partition coefficient (Wildman–Crippen LogP) is 1.17. The maximum atomic E-state index is 12.1. The van der Waals surface area contributed by atoms with Crippen LogP contribution in [-0.4, -0.2) is 60.9 Å². The molecule has 6 nitrogen and oxygen atoms in total. The van der Waals surface area contributed by atoms with Gasteiger partial charge in [-0.1, -0.05) is 12.1 Å². The highest BCUT2D eigenvalue weighted by Crippen LogP contribution is 2.13. The quantitative estimate of drug-likeness (QED) is 0.653. The summed E-state index contributed by atoms with van der Waals surface area (Å²) in [6.45, 7) is 4.90. The summed E-state index contributed by atoms with van der Waals surface area (Å²) in [7, 11) is 0. The number of urea groups is 1. The first-order chi connectivity index (χ1) is 11.7. The fraction of sp³-hybridized carbons (Fsp3) is 0.611. The van der Waals surface area contributed by atoms with E-state index >= 15 is 0 Å². The van der Waals surface area contributed by atoms with Crippen LogP contribution in [0.2, 0.25) is 0 Å². The van der Waals surface area contributed by atoms with E-state index in [2.05, 4.69) is 33.0 Å². The van der Waals surface area contributed by atoms with Crippen molar-refractivity contribution in [3.8, 4) is 0 Å². The summed E-state index contributed by atoms with van der Waals surface area (Å²) >= 11 is 0. The summed E-state index contributed by atoms with van der Waals surface area (Å²) in [5, 5.41) is 18.7. The van der Waals surface area contributed by atoms with Gasteiger partial charge in [0.25, 0.3) is 0 Å². The summed E-state index contributed by atoms with van der Waals surface area (Å²) in [5.41, 5.74) is 2.07. The fourth-order valence-electron chi connectivity index (χ4n) is 3.39. The molecule has 2 heterocycles. The van der Waals surface area contributed by atoms with Gasteiger partial charge in [-0.2, -0.15) is 0 Å². The molecule has 1 aromatic rings. The van der Waals surface area contributed by atoms with E-state index in [4.69, 9.17) is 0 Å². The predicted molar refractivity (Wildman–Crippen MR) is 95.3 cm³/mol. The largest absolute Gasteiger partial charge is 0.390 e. The topological polar surface area (TPSA) is 76.6 Å². The van der Waals surface area contributed by atoms with E-state index in [-0.39, 0.29) is 12.1 Å². The first kappa shape index (κ1) is 17.2. The van der Waals surface area contributed by atoms with Gasteiger partial charge in [0.05, 0.1) is 12.1 Å². The van der Waals surface area contributed by atoms with Gasteiger partial charge in [-0.3, -0.25) is 0 Å². The Labute approximate surface area is 143 Å². The Bertz CT molecular complexity index is 528. The molecule has 6 heteroatoms. The molecule has 2 aliphatic heterocycles. The first-order valence-corrected chi connectivity index (χ1v) is 8.98. The van der Waals surface area contributed by atoms with Crippen LogP contribution in [0.5, 0.6) is 0 Å². The van der Waals surface area contributed by atoms with Crippen LogP contribution in [0, 0.1) is 0 Å². The number of β-amino-alcohol motifs (C(OH)–C–C–N with tert-alkyl or cyclic N) is 1. The highest BCUT2D eigenvalue weighted by Gasteiger charge is 2.24. The smallest absolute Gasteiger partial charge is 0.319 e. The Morgan fingerprint density at radius 1 is 1.25 bits per heavy atom. The lowest BCUT2D eigenvalue weighted by molar-refractivity contribution is 0.107. The molecule has 2 amide bonds. The molecular formula is C18H28N4O2. The lowest BCUT2D eigenvalue weighted by atomic mass is 10.0. The van der Waals surface area contributed by atoms with Crippen molar-refractivity contribution < 1.29 is 9.90 Å². The van der Waals surface area contributed by atoms with E-state index in [1.807, 2.05) is 12.1 Å². The number of aliphatic hydroxyl groups excluding tert-OH is 1. The van der Waals surface area contributed by atoms with E-state index < -0.39 is 6.10 Å². The van der Waals surface area contributed by atoms with E-state index in [1.54, 1.807) is 0 Å². The third-order valence-electron chi connectivity index (χ3n) is 4.89. The molecule has 132 valence electrons. The molecule has 0 spiro atoms. The molecule has 0 aliphatic carbocycles. The van der Waals surface area contributed by atoms with Crippen LogP contribution in [-0.2, 0) is 6.42 Å². The summed E-state index contributed by atoms with van der Waals surface area (Å²) in [4.78, 5) is 14.6. The molecule has 0 aromatic heterocycles. The van der Waals surface area contributed by atoms with E-state index in [0.717, 1.165) is 31.6 Å². The Hall–Kier alpha value is -1.63. The number of piperidine rings is 1. The van der Waals surface area contributed by atoms with Crippen molar-refractivity contribution >= 4 is 11.7 Å². The second-order valence-electron chi connectivity index (χ2n) is 6.76. The number of aliphatic hydroxyl groups is 1. The molecule has 1 aromatic carbocycles. The molecule has 0 saturated carbocycles. The number of anilines is 1. The van der Waals surface area contributed by atoms with Gasteiger partial charge in [0.2, 0.25) is 0 Å². The third-order valence-corrected chi connectivity index (χ3v) is 4.89. The van der Waals surface area contributed by atoms with Gasteiger partial charge in [-0.25, -0.2) is 4.79 Å². The summed E-state index contributed by atoms with van der Waals surface area (Å²) < 4.78 is 0. The highest BCUT2D eigenvalue weighted by molar-refractivity contribution is 5.89. The Kier molecular flexibility index (Phi) is 6.07. The number of amides is 2. The molecule has 4 N–H and O–H groups in total. The number of nitrogens with one attached hydrogen (secondary N) is 3. The minimum atomic E-state index is -0.530. The number of likely N-dealkylation sites (tertiary alicyclic amines) is 1. The number of carbonyl (C=O) groups excluding carboxylic acids is 1. The standard InChI is InChI=1S/C18H28N4O2/c23-17-13-19-9-7-16(17)21-18(24)20-15-5-3-14(4-6-15)8-12-22-10-1-2-11-22/h3-6,16-17,19,23H,1-2,7-13H2,(H2,20,21,24)/t16-,17-/m1/s1. The number of rotatable bonds is 5. The highest BCUT2D eigenvalue weighted by atomic mass is 16.3. The zero-order valence-electron chi connectivity index (χ0n) is 14.1. The van der Waals surface area contributed by atoms with Crippen LogP contribution in [0.25, 0.3) is 0 Å². The van der Waals surface area contributed by atoms with E-state index in [9.17, 15) is 9.90 Å². The molecule has 24 heavy (non-hydrogen) atoms. The Morgan fingerprint density at radius 2 is 2.00 bits per heavy atom. The van der Waals surface area contributed by atoms with Gasteiger partial charge in [-0.15, -0.1) is 0 Å². The van der Waals surface area contributed by atoms with Gasteiger partial charge >= 0.3 is 6.03 Å². The van der Waals surface area contributed by atoms with Crippen LogP contribution in [0.3, 0.4) is 0 Å². The molecule has 0 unspecified atom stereocenters. The van der Waals surface area contributed by atoms with Crippen molar-refractivity contribution in [1.82, 2.24) is 15.5 Å². The number of carbonyl (C=O) groups is 1. The second kappa shape index (κ2) is 8.46. The van der Waals surface area contributed by atoms with Gasteiger partial charge in [0, 0.05) is 18.8 Å². The van der Waals surface area contributed by atoms with Crippen molar-refractivity contribution in [2.24, 2.45) is 0 Å². The molecule has 0 bridgehead atoms. The lowest BCUT2D eigenvalue weighted by Crippen LogP contribution is -2.53. The number of hydrogen-bond donors (Lipinski definition) is 4. The molecule has 2 atom stereocenters. The number of hydrogen-bond acceptors (Lipinski definition) is 4. The summed E-state index contributed by atoms with van der Waals surface area (Å²) in [6.07, 6.45) is 3.91.